The highest BCUT2D eigenvalue weighted by atomic mass is 16.2. The van der Waals surface area contributed by atoms with E-state index in [9.17, 15) is 14.4 Å². The molecule has 0 aromatic heterocycles. The van der Waals surface area contributed by atoms with E-state index in [0.717, 1.165) is 38.5 Å². The van der Waals surface area contributed by atoms with Gasteiger partial charge in [0.05, 0.1) is 0 Å². The molecule has 0 unspecified atom stereocenters. The summed E-state index contributed by atoms with van der Waals surface area (Å²) < 4.78 is 0. The minimum absolute atomic E-state index is 0.0285. The first-order chi connectivity index (χ1) is 13.0. The smallest absolute Gasteiger partial charge is 0.253 e. The molecule has 2 aliphatic rings. The van der Waals surface area contributed by atoms with E-state index >= 15 is 0 Å². The molecule has 2 N–H and O–H groups in total. The first-order valence-corrected chi connectivity index (χ1v) is 10.0. The summed E-state index contributed by atoms with van der Waals surface area (Å²) >= 11 is 0. The van der Waals surface area contributed by atoms with Gasteiger partial charge >= 0.3 is 0 Å². The van der Waals surface area contributed by atoms with E-state index in [1.54, 1.807) is 24.3 Å². The van der Waals surface area contributed by atoms with Gasteiger partial charge in [0, 0.05) is 43.2 Å². The van der Waals surface area contributed by atoms with Gasteiger partial charge in [0.25, 0.3) is 5.91 Å². The van der Waals surface area contributed by atoms with Gasteiger partial charge in [-0.05, 0) is 43.9 Å². The second-order valence-electron chi connectivity index (χ2n) is 7.67. The second kappa shape index (κ2) is 9.02. The zero-order valence-corrected chi connectivity index (χ0v) is 16.0. The average Bonchev–Trinajstić information content (AvgIpc) is 2.68. The Kier molecular flexibility index (Phi) is 6.48. The van der Waals surface area contributed by atoms with Gasteiger partial charge in [-0.25, -0.2) is 0 Å². The zero-order chi connectivity index (χ0) is 19.2. The number of benzene rings is 1. The van der Waals surface area contributed by atoms with E-state index in [-0.39, 0.29) is 29.7 Å². The monoisotopic (exact) mass is 371 g/mol. The van der Waals surface area contributed by atoms with E-state index in [1.165, 1.54) is 13.3 Å². The Morgan fingerprint density at radius 3 is 2.37 bits per heavy atom. The molecule has 0 atom stereocenters. The third kappa shape index (κ3) is 5.31. The van der Waals surface area contributed by atoms with Gasteiger partial charge in [-0.15, -0.1) is 0 Å². The van der Waals surface area contributed by atoms with Crippen LogP contribution in [0.4, 0.5) is 5.69 Å². The lowest BCUT2D eigenvalue weighted by Crippen LogP contribution is -2.48. The summed E-state index contributed by atoms with van der Waals surface area (Å²) in [6.45, 7) is 2.72. The number of amides is 3. The Labute approximate surface area is 160 Å². The fraction of sp³-hybridized carbons (Fsp3) is 0.571. The fourth-order valence-corrected chi connectivity index (χ4v) is 4.03. The van der Waals surface area contributed by atoms with Crippen LogP contribution in [0.25, 0.3) is 0 Å². The van der Waals surface area contributed by atoms with Crippen molar-refractivity contribution in [3.05, 3.63) is 29.8 Å². The van der Waals surface area contributed by atoms with Crippen molar-refractivity contribution in [3.63, 3.8) is 0 Å². The van der Waals surface area contributed by atoms with Crippen molar-refractivity contribution in [1.29, 1.82) is 0 Å². The van der Waals surface area contributed by atoms with Crippen molar-refractivity contribution in [2.45, 2.75) is 57.9 Å². The Morgan fingerprint density at radius 2 is 1.70 bits per heavy atom. The molecule has 1 aliphatic heterocycles. The number of hydrogen-bond acceptors (Lipinski definition) is 3. The van der Waals surface area contributed by atoms with Crippen molar-refractivity contribution in [2.24, 2.45) is 5.92 Å². The summed E-state index contributed by atoms with van der Waals surface area (Å²) in [5.41, 5.74) is 1.20. The molecule has 1 aromatic carbocycles. The minimum Gasteiger partial charge on any atom is -0.353 e. The SMILES string of the molecule is CC(=O)Nc1cccc(C(=O)N2CCC(NC(=O)C3CCCCC3)CC2)c1. The van der Waals surface area contributed by atoms with Crippen LogP contribution in [0, 0.1) is 5.92 Å². The van der Waals surface area contributed by atoms with Crippen molar-refractivity contribution >= 4 is 23.4 Å². The Hall–Kier alpha value is -2.37. The molecule has 6 heteroatoms. The Balaban J connectivity index is 1.50. The van der Waals surface area contributed by atoms with Gasteiger partial charge in [0.15, 0.2) is 0 Å². The predicted octanol–water partition coefficient (Wildman–Crippen LogP) is 2.95. The van der Waals surface area contributed by atoms with Gasteiger partial charge in [0.2, 0.25) is 11.8 Å². The van der Waals surface area contributed by atoms with Crippen molar-refractivity contribution in [2.75, 3.05) is 18.4 Å². The molecular weight excluding hydrogens is 342 g/mol. The van der Waals surface area contributed by atoms with Crippen LogP contribution in [0.3, 0.4) is 0 Å². The highest BCUT2D eigenvalue weighted by Gasteiger charge is 2.27. The van der Waals surface area contributed by atoms with Gasteiger partial charge < -0.3 is 15.5 Å². The van der Waals surface area contributed by atoms with Crippen LogP contribution in [0.1, 0.15) is 62.2 Å². The molecular formula is C21H29N3O3. The number of carbonyl (C=O) groups excluding carboxylic acids is 3. The number of hydrogen-bond donors (Lipinski definition) is 2. The fourth-order valence-electron chi connectivity index (χ4n) is 4.03. The standard InChI is InChI=1S/C21H29N3O3/c1-15(25)22-19-9-5-8-17(14-19)21(27)24-12-10-18(11-13-24)23-20(26)16-6-3-2-4-7-16/h5,8-9,14,16,18H,2-4,6-7,10-13H2,1H3,(H,22,25)(H,23,26). The quantitative estimate of drug-likeness (QED) is 0.854. The molecule has 3 rings (SSSR count). The molecule has 1 aromatic rings. The van der Waals surface area contributed by atoms with Gasteiger partial charge in [-0.1, -0.05) is 25.3 Å². The lowest BCUT2D eigenvalue weighted by atomic mass is 9.88. The molecule has 1 heterocycles. The molecule has 1 aliphatic carbocycles. The van der Waals surface area contributed by atoms with Crippen molar-refractivity contribution < 1.29 is 14.4 Å². The van der Waals surface area contributed by atoms with Crippen LogP contribution in [0.2, 0.25) is 0 Å². The van der Waals surface area contributed by atoms with Crippen LogP contribution in [-0.2, 0) is 9.59 Å². The van der Waals surface area contributed by atoms with Crippen LogP contribution >= 0.6 is 0 Å². The van der Waals surface area contributed by atoms with E-state index < -0.39 is 0 Å². The van der Waals surface area contributed by atoms with Crippen LogP contribution in [0.5, 0.6) is 0 Å². The van der Waals surface area contributed by atoms with E-state index in [1.807, 2.05) is 4.90 Å². The molecule has 27 heavy (non-hydrogen) atoms. The predicted molar refractivity (Wildman–Crippen MR) is 104 cm³/mol. The lowest BCUT2D eigenvalue weighted by Gasteiger charge is -2.33. The lowest BCUT2D eigenvalue weighted by molar-refractivity contribution is -0.127. The van der Waals surface area contributed by atoms with Crippen molar-refractivity contribution in [1.82, 2.24) is 10.2 Å². The molecule has 1 saturated heterocycles. The summed E-state index contributed by atoms with van der Waals surface area (Å²) in [6, 6.07) is 7.18. The third-order valence-electron chi connectivity index (χ3n) is 5.53. The Morgan fingerprint density at radius 1 is 1.00 bits per heavy atom. The maximum atomic E-state index is 12.7. The van der Waals surface area contributed by atoms with Gasteiger partial charge in [0.1, 0.15) is 0 Å². The highest BCUT2D eigenvalue weighted by Crippen LogP contribution is 2.24. The molecule has 146 valence electrons. The Bertz CT molecular complexity index is 690. The normalized spacial score (nSPS) is 18.8. The van der Waals surface area contributed by atoms with E-state index in [2.05, 4.69) is 10.6 Å². The van der Waals surface area contributed by atoms with Crippen LogP contribution in [-0.4, -0.2) is 41.8 Å². The van der Waals surface area contributed by atoms with Crippen molar-refractivity contribution in [3.8, 4) is 0 Å². The molecule has 2 fully saturated rings. The average molecular weight is 371 g/mol. The molecule has 3 amide bonds. The first kappa shape index (κ1) is 19.4. The molecule has 0 radical (unpaired) electrons. The number of likely N-dealkylation sites (tertiary alicyclic amines) is 1. The summed E-state index contributed by atoms with van der Waals surface area (Å²) in [5, 5.41) is 5.90. The number of piperidine rings is 1. The number of rotatable bonds is 4. The molecule has 6 nitrogen and oxygen atoms in total. The van der Waals surface area contributed by atoms with E-state index in [0.29, 0.717) is 24.3 Å². The number of anilines is 1. The number of carbonyl (C=O) groups is 3. The van der Waals surface area contributed by atoms with Gasteiger partial charge in [-0.2, -0.15) is 0 Å². The summed E-state index contributed by atoms with van der Waals surface area (Å²) in [7, 11) is 0. The number of nitrogens with zero attached hydrogens (tertiary/aromatic N) is 1. The summed E-state index contributed by atoms with van der Waals surface area (Å²) in [5.74, 6) is 0.186. The van der Waals surface area contributed by atoms with Crippen LogP contribution < -0.4 is 10.6 Å². The second-order valence-corrected chi connectivity index (χ2v) is 7.67. The maximum absolute atomic E-state index is 12.7. The zero-order valence-electron chi connectivity index (χ0n) is 16.0. The molecule has 0 bridgehead atoms. The van der Waals surface area contributed by atoms with E-state index in [4.69, 9.17) is 0 Å². The number of nitrogens with one attached hydrogen (secondary N) is 2. The van der Waals surface area contributed by atoms with Crippen LogP contribution in [0.15, 0.2) is 24.3 Å². The molecule has 1 saturated carbocycles. The topological polar surface area (TPSA) is 78.5 Å². The highest BCUT2D eigenvalue weighted by molar-refractivity contribution is 5.96. The third-order valence-corrected chi connectivity index (χ3v) is 5.53. The largest absolute Gasteiger partial charge is 0.353 e. The first-order valence-electron chi connectivity index (χ1n) is 10.0. The summed E-state index contributed by atoms with van der Waals surface area (Å²) in [4.78, 5) is 38.2. The molecule has 0 spiro atoms. The minimum atomic E-state index is -0.158. The summed E-state index contributed by atoms with van der Waals surface area (Å²) in [6.07, 6.45) is 7.14. The maximum Gasteiger partial charge on any atom is 0.253 e. The van der Waals surface area contributed by atoms with Gasteiger partial charge in [-0.3, -0.25) is 14.4 Å².